The molecular formula is C17H17N3O6S. The number of methoxy groups -OCH3 is 1. The van der Waals surface area contributed by atoms with Crippen LogP contribution in [0, 0.1) is 10.1 Å². The van der Waals surface area contributed by atoms with Gasteiger partial charge in [0.15, 0.2) is 6.10 Å². The number of nitro benzene ring substituents is 1. The summed E-state index contributed by atoms with van der Waals surface area (Å²) in [6, 6.07) is 6.93. The Morgan fingerprint density at radius 2 is 2.07 bits per heavy atom. The van der Waals surface area contributed by atoms with Gasteiger partial charge in [-0.05, 0) is 31.4 Å². The Morgan fingerprint density at radius 3 is 2.70 bits per heavy atom. The highest BCUT2D eigenvalue weighted by molar-refractivity contribution is 7.98. The SMILES string of the molecule is COc1ccc([N+](=O)[O-])cc1NC(=O)C(C)OC(=O)c1cccnc1SC. The van der Waals surface area contributed by atoms with Gasteiger partial charge in [0.05, 0.1) is 23.3 Å². The summed E-state index contributed by atoms with van der Waals surface area (Å²) in [7, 11) is 1.37. The van der Waals surface area contributed by atoms with Crippen LogP contribution in [0.2, 0.25) is 0 Å². The van der Waals surface area contributed by atoms with Crippen LogP contribution in [-0.4, -0.2) is 41.3 Å². The number of nitrogens with one attached hydrogen (secondary N) is 1. The van der Waals surface area contributed by atoms with E-state index in [9.17, 15) is 19.7 Å². The lowest BCUT2D eigenvalue weighted by Crippen LogP contribution is -2.30. The molecule has 1 aromatic carbocycles. The van der Waals surface area contributed by atoms with Crippen molar-refractivity contribution in [2.45, 2.75) is 18.1 Å². The Balaban J connectivity index is 2.13. The first kappa shape index (κ1) is 20.2. The quantitative estimate of drug-likeness (QED) is 0.331. The number of esters is 1. The number of benzene rings is 1. The van der Waals surface area contributed by atoms with E-state index >= 15 is 0 Å². The predicted octanol–water partition coefficient (Wildman–Crippen LogP) is 2.90. The summed E-state index contributed by atoms with van der Waals surface area (Å²) in [5, 5.41) is 13.9. The maximum absolute atomic E-state index is 12.3. The fourth-order valence-electron chi connectivity index (χ4n) is 2.13. The second-order valence-electron chi connectivity index (χ2n) is 5.24. The highest BCUT2D eigenvalue weighted by Crippen LogP contribution is 2.29. The summed E-state index contributed by atoms with van der Waals surface area (Å²) in [6.07, 6.45) is 2.17. The van der Waals surface area contributed by atoms with Gasteiger partial charge in [-0.1, -0.05) is 0 Å². The zero-order chi connectivity index (χ0) is 20.0. The van der Waals surface area contributed by atoms with E-state index in [1.807, 2.05) is 0 Å². The Hall–Kier alpha value is -3.14. The molecule has 0 aliphatic heterocycles. The molecule has 2 aromatic rings. The van der Waals surface area contributed by atoms with Crippen molar-refractivity contribution in [3.8, 4) is 5.75 Å². The fraction of sp³-hybridized carbons (Fsp3) is 0.235. The minimum absolute atomic E-state index is 0.103. The monoisotopic (exact) mass is 391 g/mol. The van der Waals surface area contributed by atoms with Gasteiger partial charge in [-0.15, -0.1) is 11.8 Å². The second kappa shape index (κ2) is 8.99. The number of ether oxygens (including phenoxy) is 2. The maximum atomic E-state index is 12.3. The van der Waals surface area contributed by atoms with Crippen molar-refractivity contribution in [3.63, 3.8) is 0 Å². The Kier molecular flexibility index (Phi) is 6.72. The van der Waals surface area contributed by atoms with Gasteiger partial charge in [0.2, 0.25) is 0 Å². The zero-order valence-electron chi connectivity index (χ0n) is 14.8. The third kappa shape index (κ3) is 4.94. The number of hydrogen-bond acceptors (Lipinski definition) is 8. The van der Waals surface area contributed by atoms with E-state index in [0.29, 0.717) is 5.03 Å². The number of anilines is 1. The topological polar surface area (TPSA) is 121 Å². The van der Waals surface area contributed by atoms with Gasteiger partial charge in [0.25, 0.3) is 11.6 Å². The van der Waals surface area contributed by atoms with Gasteiger partial charge in [0, 0.05) is 18.3 Å². The molecule has 0 aliphatic rings. The first-order valence-corrected chi connectivity index (χ1v) is 8.93. The molecule has 1 aromatic heterocycles. The normalized spacial score (nSPS) is 11.4. The van der Waals surface area contributed by atoms with Gasteiger partial charge in [0.1, 0.15) is 10.8 Å². The number of non-ortho nitro benzene ring substituents is 1. The van der Waals surface area contributed by atoms with Crippen molar-refractivity contribution in [3.05, 3.63) is 52.2 Å². The summed E-state index contributed by atoms with van der Waals surface area (Å²) >= 11 is 1.28. The maximum Gasteiger partial charge on any atom is 0.341 e. The molecule has 10 heteroatoms. The average Bonchev–Trinajstić information content (AvgIpc) is 2.67. The number of pyridine rings is 1. The number of aromatic nitrogens is 1. The van der Waals surface area contributed by atoms with E-state index in [-0.39, 0.29) is 22.7 Å². The fourth-order valence-corrected chi connectivity index (χ4v) is 2.67. The smallest absolute Gasteiger partial charge is 0.341 e. The molecular weight excluding hydrogens is 374 g/mol. The van der Waals surface area contributed by atoms with E-state index in [4.69, 9.17) is 9.47 Å². The van der Waals surface area contributed by atoms with Crippen molar-refractivity contribution < 1.29 is 24.0 Å². The number of amides is 1. The van der Waals surface area contributed by atoms with Crippen molar-refractivity contribution >= 4 is 35.0 Å². The highest BCUT2D eigenvalue weighted by atomic mass is 32.2. The van der Waals surface area contributed by atoms with Crippen molar-refractivity contribution in [1.82, 2.24) is 4.98 Å². The number of carbonyl (C=O) groups is 2. The molecule has 0 saturated heterocycles. The molecule has 1 N–H and O–H groups in total. The number of thioether (sulfide) groups is 1. The number of nitro groups is 1. The summed E-state index contributed by atoms with van der Waals surface area (Å²) in [5.74, 6) is -1.11. The first-order valence-electron chi connectivity index (χ1n) is 7.70. The molecule has 2 rings (SSSR count). The molecule has 1 atom stereocenters. The molecule has 1 heterocycles. The van der Waals surface area contributed by atoms with Crippen LogP contribution in [0.3, 0.4) is 0 Å². The largest absolute Gasteiger partial charge is 0.495 e. The van der Waals surface area contributed by atoms with Crippen LogP contribution in [0.25, 0.3) is 0 Å². The molecule has 27 heavy (non-hydrogen) atoms. The minimum Gasteiger partial charge on any atom is -0.495 e. The van der Waals surface area contributed by atoms with E-state index < -0.39 is 22.9 Å². The molecule has 0 saturated carbocycles. The molecule has 0 aliphatic carbocycles. The lowest BCUT2D eigenvalue weighted by molar-refractivity contribution is -0.384. The van der Waals surface area contributed by atoms with Crippen LogP contribution in [0.4, 0.5) is 11.4 Å². The third-order valence-corrected chi connectivity index (χ3v) is 4.20. The molecule has 0 radical (unpaired) electrons. The van der Waals surface area contributed by atoms with Gasteiger partial charge in [-0.3, -0.25) is 14.9 Å². The second-order valence-corrected chi connectivity index (χ2v) is 6.03. The lowest BCUT2D eigenvalue weighted by Gasteiger charge is -2.15. The molecule has 9 nitrogen and oxygen atoms in total. The van der Waals surface area contributed by atoms with Crippen LogP contribution in [0.5, 0.6) is 5.75 Å². The number of hydrogen-bond donors (Lipinski definition) is 1. The van der Waals surface area contributed by atoms with E-state index in [1.54, 1.807) is 24.6 Å². The van der Waals surface area contributed by atoms with Crippen molar-refractivity contribution in [2.75, 3.05) is 18.7 Å². The van der Waals surface area contributed by atoms with Crippen LogP contribution < -0.4 is 10.1 Å². The van der Waals surface area contributed by atoms with Crippen LogP contribution in [0.1, 0.15) is 17.3 Å². The Labute approximate surface area is 159 Å². The molecule has 1 unspecified atom stereocenters. The molecule has 0 fully saturated rings. The average molecular weight is 391 g/mol. The first-order chi connectivity index (χ1) is 12.9. The summed E-state index contributed by atoms with van der Waals surface area (Å²) in [4.78, 5) is 39.0. The highest BCUT2D eigenvalue weighted by Gasteiger charge is 2.23. The molecule has 0 bridgehead atoms. The Morgan fingerprint density at radius 1 is 1.33 bits per heavy atom. The van der Waals surface area contributed by atoms with Crippen LogP contribution in [0.15, 0.2) is 41.6 Å². The van der Waals surface area contributed by atoms with E-state index in [2.05, 4.69) is 10.3 Å². The van der Waals surface area contributed by atoms with Crippen LogP contribution in [-0.2, 0) is 9.53 Å². The van der Waals surface area contributed by atoms with Gasteiger partial charge >= 0.3 is 5.97 Å². The van der Waals surface area contributed by atoms with E-state index in [0.717, 1.165) is 6.07 Å². The summed E-state index contributed by atoms with van der Waals surface area (Å²) in [5.41, 5.74) is 0.138. The zero-order valence-corrected chi connectivity index (χ0v) is 15.6. The van der Waals surface area contributed by atoms with Gasteiger partial charge in [-0.25, -0.2) is 9.78 Å². The predicted molar refractivity (Wildman–Crippen MR) is 99.2 cm³/mol. The number of nitrogens with zero attached hydrogens (tertiary/aromatic N) is 2. The van der Waals surface area contributed by atoms with E-state index in [1.165, 1.54) is 37.9 Å². The van der Waals surface area contributed by atoms with Crippen LogP contribution >= 0.6 is 11.8 Å². The Bertz CT molecular complexity index is 873. The van der Waals surface area contributed by atoms with Crippen molar-refractivity contribution in [2.24, 2.45) is 0 Å². The van der Waals surface area contributed by atoms with Crippen molar-refractivity contribution in [1.29, 1.82) is 0 Å². The third-order valence-electron chi connectivity index (χ3n) is 3.49. The van der Waals surface area contributed by atoms with Gasteiger partial charge in [-0.2, -0.15) is 0 Å². The summed E-state index contributed by atoms with van der Waals surface area (Å²) in [6.45, 7) is 1.40. The number of carbonyl (C=O) groups excluding carboxylic acids is 2. The molecule has 0 spiro atoms. The standard InChI is InChI=1S/C17H17N3O6S/c1-10(26-17(22)12-5-4-8-18-16(12)27-3)15(21)19-13-9-11(20(23)24)6-7-14(13)25-2/h4-10H,1-3H3,(H,19,21). The minimum atomic E-state index is -1.14. The molecule has 142 valence electrons. The molecule has 1 amide bonds. The summed E-state index contributed by atoms with van der Waals surface area (Å²) < 4.78 is 10.3. The lowest BCUT2D eigenvalue weighted by atomic mass is 10.2. The van der Waals surface area contributed by atoms with Gasteiger partial charge < -0.3 is 14.8 Å². The number of rotatable bonds is 7.